The average Bonchev–Trinajstić information content (AvgIpc) is 3.10. The number of hydrogen-bond acceptors (Lipinski definition) is 8. The molecule has 270 valence electrons. The molecule has 2 saturated heterocycles. The van der Waals surface area contributed by atoms with E-state index in [2.05, 4.69) is 15.2 Å². The molecule has 1 aromatic heterocycles. The van der Waals surface area contributed by atoms with Gasteiger partial charge in [-0.3, -0.25) is 19.0 Å². The number of aromatic nitrogens is 2. The minimum atomic E-state index is -4.48. The monoisotopic (exact) mass is 715 g/mol. The van der Waals surface area contributed by atoms with E-state index in [9.17, 15) is 36.3 Å². The third-order valence-electron chi connectivity index (χ3n) is 8.46. The van der Waals surface area contributed by atoms with E-state index < -0.39 is 54.7 Å². The van der Waals surface area contributed by atoms with Crippen LogP contribution in [0.15, 0.2) is 71.8 Å². The van der Waals surface area contributed by atoms with Gasteiger partial charge in [0.15, 0.2) is 5.75 Å². The first-order valence-electron chi connectivity index (χ1n) is 16.2. The second-order valence-electron chi connectivity index (χ2n) is 12.3. The average molecular weight is 716 g/mol. The predicted molar refractivity (Wildman–Crippen MR) is 176 cm³/mol. The molecule has 0 saturated carbocycles. The molecule has 3 aromatic carbocycles. The Morgan fingerprint density at radius 2 is 1.76 bits per heavy atom. The maximum atomic E-state index is 14.0. The molecule has 2 aliphatic heterocycles. The first-order valence-corrected chi connectivity index (χ1v) is 16.2. The number of nitrogens with zero attached hydrogens (tertiary/aromatic N) is 4. The normalized spacial score (nSPS) is 16.3. The van der Waals surface area contributed by atoms with E-state index in [1.165, 1.54) is 24.3 Å². The molecule has 1 N–H and O–H groups in total. The Labute approximate surface area is 288 Å². The molecule has 0 bridgehead atoms. The van der Waals surface area contributed by atoms with Crippen LogP contribution < -0.4 is 20.5 Å². The maximum Gasteiger partial charge on any atom is 0.416 e. The number of piperidine rings is 1. The van der Waals surface area contributed by atoms with E-state index in [0.717, 1.165) is 33.6 Å². The molecule has 2 fully saturated rings. The molecule has 11 nitrogen and oxygen atoms in total. The number of benzene rings is 3. The van der Waals surface area contributed by atoms with Gasteiger partial charge in [0.1, 0.15) is 18.9 Å². The van der Waals surface area contributed by atoms with Crippen molar-refractivity contribution in [1.29, 1.82) is 0 Å². The molecule has 3 heterocycles. The Bertz CT molecular complexity index is 1950. The van der Waals surface area contributed by atoms with Crippen molar-refractivity contribution < 1.29 is 45.8 Å². The first kappa shape index (κ1) is 35.7. The molecule has 2 aliphatic rings. The number of hydrogen-bond donors (Lipinski definition) is 1. The highest BCUT2D eigenvalue weighted by Gasteiger charge is 2.37. The van der Waals surface area contributed by atoms with Crippen molar-refractivity contribution in [1.82, 2.24) is 14.5 Å². The number of likely N-dealkylation sites (tertiary alicyclic amines) is 1. The van der Waals surface area contributed by atoms with Gasteiger partial charge < -0.3 is 29.3 Å². The summed E-state index contributed by atoms with van der Waals surface area (Å²) in [6, 6.07) is 14.4. The van der Waals surface area contributed by atoms with E-state index in [-0.39, 0.29) is 48.3 Å². The highest BCUT2D eigenvalue weighted by atomic mass is 19.4. The number of nitrogens with one attached hydrogen (secondary N) is 1. The Morgan fingerprint density at radius 1 is 1.00 bits per heavy atom. The lowest BCUT2D eigenvalue weighted by Gasteiger charge is -2.32. The summed E-state index contributed by atoms with van der Waals surface area (Å²) >= 11 is 0. The van der Waals surface area contributed by atoms with E-state index in [0.29, 0.717) is 37.6 Å². The van der Waals surface area contributed by atoms with E-state index in [1.807, 2.05) is 6.07 Å². The van der Waals surface area contributed by atoms with Gasteiger partial charge in [-0.05, 0) is 48.4 Å². The van der Waals surface area contributed by atoms with Crippen molar-refractivity contribution in [2.45, 2.75) is 38.1 Å². The predicted octanol–water partition coefficient (Wildman–Crippen LogP) is 5.46. The number of carbonyl (C=O) groups is 2. The Morgan fingerprint density at radius 3 is 2.49 bits per heavy atom. The number of amides is 2. The van der Waals surface area contributed by atoms with E-state index in [4.69, 9.17) is 14.2 Å². The second kappa shape index (κ2) is 15.0. The quantitative estimate of drug-likeness (QED) is 0.216. The van der Waals surface area contributed by atoms with Gasteiger partial charge in [-0.1, -0.05) is 18.2 Å². The fraction of sp³-hybridized carbons (Fsp3) is 0.371. The zero-order chi connectivity index (χ0) is 36.2. The second-order valence-corrected chi connectivity index (χ2v) is 12.3. The summed E-state index contributed by atoms with van der Waals surface area (Å²) in [7, 11) is 0. The Balaban J connectivity index is 1.23. The van der Waals surface area contributed by atoms with Crippen LogP contribution in [-0.4, -0.2) is 78.2 Å². The molecule has 16 heteroatoms. The summed E-state index contributed by atoms with van der Waals surface area (Å²) < 4.78 is 84.7. The van der Waals surface area contributed by atoms with Crippen LogP contribution in [0.4, 0.5) is 33.3 Å². The number of halogens is 5. The summed E-state index contributed by atoms with van der Waals surface area (Å²) in [5.41, 5.74) is 0.161. The lowest BCUT2D eigenvalue weighted by Crippen LogP contribution is -2.47. The SMILES string of the molecule is O=C(COCc1ccc(C(F)(F)F)cc1)Nc1cc2ncn(CC(=O)N3CCCC(F)(F)C3)c(=O)c2cc1Oc1cccc(N2CCOCC2)c1. The van der Waals surface area contributed by atoms with E-state index in [1.54, 1.807) is 18.2 Å². The third kappa shape index (κ3) is 8.99. The van der Waals surface area contributed by atoms with Crippen molar-refractivity contribution in [3.8, 4) is 11.5 Å². The number of carbonyl (C=O) groups excluding carboxylic acids is 2. The van der Waals surface area contributed by atoms with Crippen molar-refractivity contribution in [2.75, 3.05) is 56.2 Å². The Hall–Kier alpha value is -5.09. The van der Waals surface area contributed by atoms with Gasteiger partial charge in [0.25, 0.3) is 11.5 Å². The number of fused-ring (bicyclic) bond motifs is 1. The van der Waals surface area contributed by atoms with Crippen LogP contribution in [-0.2, 0) is 38.4 Å². The van der Waals surface area contributed by atoms with Crippen LogP contribution >= 0.6 is 0 Å². The molecule has 6 rings (SSSR count). The van der Waals surface area contributed by atoms with Crippen molar-refractivity contribution >= 4 is 34.1 Å². The molecule has 0 atom stereocenters. The van der Waals surface area contributed by atoms with Crippen LogP contribution in [0.2, 0.25) is 0 Å². The number of morpholine rings is 1. The smallest absolute Gasteiger partial charge is 0.416 e. The molecule has 51 heavy (non-hydrogen) atoms. The fourth-order valence-electron chi connectivity index (χ4n) is 5.83. The number of anilines is 2. The van der Waals surface area contributed by atoms with Crippen LogP contribution in [0.1, 0.15) is 24.0 Å². The first-order chi connectivity index (χ1) is 24.3. The molecular formula is C35H34F5N5O6. The molecule has 0 aliphatic carbocycles. The molecule has 4 aromatic rings. The van der Waals surface area contributed by atoms with Gasteiger partial charge >= 0.3 is 6.18 Å². The van der Waals surface area contributed by atoms with Crippen molar-refractivity contribution in [3.05, 3.63) is 88.5 Å². The molecule has 2 amide bonds. The standard InChI is InChI=1S/C35H34F5N5O6/c36-34(37)9-2-10-44(21-34)32(47)18-45-22-41-28-17-29(42-31(46)20-50-19-23-5-7-24(8-6-23)35(38,39)40)30(16-27(28)33(45)48)51-26-4-1-3-25(15-26)43-11-13-49-14-12-43/h1,3-8,15-17,22H,2,9-14,18-21H2,(H,42,46). The summed E-state index contributed by atoms with van der Waals surface area (Å²) in [5, 5.41) is 2.73. The minimum absolute atomic E-state index is 0.0464. The number of ether oxygens (including phenoxy) is 3. The zero-order valence-electron chi connectivity index (χ0n) is 27.3. The van der Waals surface area contributed by atoms with Crippen molar-refractivity contribution in [2.24, 2.45) is 0 Å². The number of rotatable bonds is 10. The molecule has 0 radical (unpaired) electrons. The largest absolute Gasteiger partial charge is 0.455 e. The highest BCUT2D eigenvalue weighted by Crippen LogP contribution is 2.35. The highest BCUT2D eigenvalue weighted by molar-refractivity contribution is 5.96. The molecule has 0 spiro atoms. The van der Waals surface area contributed by atoms with Gasteiger partial charge in [0.05, 0.1) is 54.8 Å². The van der Waals surface area contributed by atoms with Gasteiger partial charge in [0, 0.05) is 37.8 Å². The third-order valence-corrected chi connectivity index (χ3v) is 8.46. The lowest BCUT2D eigenvalue weighted by atomic mass is 10.1. The van der Waals surface area contributed by atoms with Gasteiger partial charge in [-0.2, -0.15) is 13.2 Å². The fourth-order valence-corrected chi connectivity index (χ4v) is 5.83. The van der Waals surface area contributed by atoms with Gasteiger partial charge in [-0.15, -0.1) is 0 Å². The van der Waals surface area contributed by atoms with Gasteiger partial charge in [-0.25, -0.2) is 13.8 Å². The van der Waals surface area contributed by atoms with Crippen LogP contribution in [0, 0.1) is 0 Å². The van der Waals surface area contributed by atoms with Gasteiger partial charge in [0.2, 0.25) is 11.8 Å². The molecular weight excluding hydrogens is 681 g/mol. The zero-order valence-corrected chi connectivity index (χ0v) is 27.3. The van der Waals surface area contributed by atoms with Crippen LogP contribution in [0.3, 0.4) is 0 Å². The summed E-state index contributed by atoms with van der Waals surface area (Å²) in [6.45, 7) is 0.822. The number of alkyl halides is 5. The van der Waals surface area contributed by atoms with Crippen LogP contribution in [0.5, 0.6) is 11.5 Å². The maximum absolute atomic E-state index is 14.0. The molecule has 0 unspecified atom stereocenters. The summed E-state index contributed by atoms with van der Waals surface area (Å²) in [5.74, 6) is -3.81. The van der Waals surface area contributed by atoms with Crippen molar-refractivity contribution in [3.63, 3.8) is 0 Å². The summed E-state index contributed by atoms with van der Waals surface area (Å²) in [6.07, 6.45) is -3.51. The summed E-state index contributed by atoms with van der Waals surface area (Å²) in [4.78, 5) is 46.9. The minimum Gasteiger partial charge on any atom is -0.455 e. The van der Waals surface area contributed by atoms with E-state index >= 15 is 0 Å². The topological polar surface area (TPSA) is 115 Å². The van der Waals surface area contributed by atoms with Crippen LogP contribution in [0.25, 0.3) is 10.9 Å². The lowest BCUT2D eigenvalue weighted by molar-refractivity contribution is -0.142. The Kier molecular flexibility index (Phi) is 10.5.